The summed E-state index contributed by atoms with van der Waals surface area (Å²) < 4.78 is 137. The molecular formula is C15H22F10O2. The second-order valence-corrected chi connectivity index (χ2v) is 7.10. The molecule has 12 heteroatoms. The molecule has 0 aromatic carbocycles. The number of hydrogen-bond donors (Lipinski definition) is 1. The molecular weight excluding hydrogens is 402 g/mol. The van der Waals surface area contributed by atoms with Gasteiger partial charge in [0.2, 0.25) is 0 Å². The summed E-state index contributed by atoms with van der Waals surface area (Å²) in [6.45, 7) is 2.99. The van der Waals surface area contributed by atoms with Gasteiger partial charge in [0.05, 0.1) is 11.7 Å². The molecule has 0 rings (SSSR count). The average Bonchev–Trinajstić information content (AvgIpc) is 2.42. The van der Waals surface area contributed by atoms with Crippen molar-refractivity contribution >= 4 is 0 Å². The SMILES string of the molecule is CC(CCC(F)(F)C(F)(F)C(F)(F)C(F)(F)C(C)(F)F)OCCC(C)(C)O. The van der Waals surface area contributed by atoms with E-state index in [0.717, 1.165) is 6.92 Å². The highest BCUT2D eigenvalue weighted by molar-refractivity contribution is 5.07. The second kappa shape index (κ2) is 7.92. The summed E-state index contributed by atoms with van der Waals surface area (Å²) in [5, 5.41) is 9.41. The summed E-state index contributed by atoms with van der Waals surface area (Å²) in [5.74, 6) is -31.8. The highest BCUT2D eigenvalue weighted by atomic mass is 19.4. The number of aliphatic hydroxyl groups is 1. The van der Waals surface area contributed by atoms with E-state index in [1.807, 2.05) is 0 Å². The molecule has 2 nitrogen and oxygen atoms in total. The van der Waals surface area contributed by atoms with Gasteiger partial charge in [-0.15, -0.1) is 0 Å². The van der Waals surface area contributed by atoms with E-state index in [2.05, 4.69) is 0 Å². The first-order chi connectivity index (χ1) is 11.6. The maximum atomic E-state index is 13.6. The Labute approximate surface area is 149 Å². The Balaban J connectivity index is 5.17. The van der Waals surface area contributed by atoms with Crippen LogP contribution in [0.2, 0.25) is 0 Å². The zero-order valence-corrected chi connectivity index (χ0v) is 15.0. The standard InChI is InChI=1S/C15H22F10O2/c1-9(27-8-7-10(2,3)26)5-6-12(18,19)14(22,23)15(24,25)13(20,21)11(4,16)17/h9,26H,5-8H2,1-4H3. The van der Waals surface area contributed by atoms with E-state index < -0.39 is 61.1 Å². The van der Waals surface area contributed by atoms with E-state index in [4.69, 9.17) is 4.74 Å². The van der Waals surface area contributed by atoms with Crippen molar-refractivity contribution in [1.29, 1.82) is 0 Å². The molecule has 0 saturated carbocycles. The van der Waals surface area contributed by atoms with Crippen molar-refractivity contribution in [3.63, 3.8) is 0 Å². The van der Waals surface area contributed by atoms with Gasteiger partial charge in [-0.3, -0.25) is 0 Å². The summed E-state index contributed by atoms with van der Waals surface area (Å²) >= 11 is 0. The first-order valence-electron chi connectivity index (χ1n) is 7.83. The Morgan fingerprint density at radius 2 is 1.19 bits per heavy atom. The number of halogens is 10. The quantitative estimate of drug-likeness (QED) is 0.442. The van der Waals surface area contributed by atoms with Crippen molar-refractivity contribution in [1.82, 2.24) is 0 Å². The molecule has 0 aliphatic heterocycles. The fourth-order valence-electron chi connectivity index (χ4n) is 1.84. The van der Waals surface area contributed by atoms with Gasteiger partial charge in [-0.05, 0) is 33.6 Å². The smallest absolute Gasteiger partial charge is 0.384 e. The molecule has 0 spiro atoms. The minimum absolute atomic E-state index is 0.0414. The van der Waals surface area contributed by atoms with Gasteiger partial charge in [-0.2, -0.15) is 43.9 Å². The van der Waals surface area contributed by atoms with Crippen molar-refractivity contribution < 1.29 is 53.7 Å². The summed E-state index contributed by atoms with van der Waals surface area (Å²) in [7, 11) is 0. The summed E-state index contributed by atoms with van der Waals surface area (Å²) in [5.41, 5.74) is -1.17. The lowest BCUT2D eigenvalue weighted by Gasteiger charge is -2.38. The van der Waals surface area contributed by atoms with Crippen LogP contribution in [-0.2, 0) is 4.74 Å². The number of hydrogen-bond acceptors (Lipinski definition) is 2. The Morgan fingerprint density at radius 3 is 1.56 bits per heavy atom. The molecule has 0 saturated heterocycles. The van der Waals surface area contributed by atoms with Crippen molar-refractivity contribution in [2.24, 2.45) is 0 Å². The third-order valence-corrected chi connectivity index (χ3v) is 3.78. The minimum Gasteiger partial charge on any atom is -0.390 e. The van der Waals surface area contributed by atoms with E-state index in [-0.39, 0.29) is 13.0 Å². The van der Waals surface area contributed by atoms with Crippen LogP contribution in [0, 0.1) is 0 Å². The molecule has 1 N–H and O–H groups in total. The fraction of sp³-hybridized carbons (Fsp3) is 1.00. The zero-order valence-electron chi connectivity index (χ0n) is 15.0. The van der Waals surface area contributed by atoms with Gasteiger partial charge < -0.3 is 9.84 Å². The van der Waals surface area contributed by atoms with Crippen molar-refractivity contribution in [2.45, 2.75) is 88.3 Å². The largest absolute Gasteiger partial charge is 0.390 e. The van der Waals surface area contributed by atoms with Gasteiger partial charge in [0.1, 0.15) is 0 Å². The monoisotopic (exact) mass is 424 g/mol. The van der Waals surface area contributed by atoms with Crippen LogP contribution >= 0.6 is 0 Å². The van der Waals surface area contributed by atoms with Gasteiger partial charge >= 0.3 is 29.6 Å². The van der Waals surface area contributed by atoms with Gasteiger partial charge in [0, 0.05) is 20.0 Å². The van der Waals surface area contributed by atoms with E-state index in [9.17, 15) is 49.0 Å². The van der Waals surface area contributed by atoms with Crippen LogP contribution in [0.3, 0.4) is 0 Å². The van der Waals surface area contributed by atoms with Crippen LogP contribution in [0.4, 0.5) is 43.9 Å². The van der Waals surface area contributed by atoms with Gasteiger partial charge in [-0.25, -0.2) is 0 Å². The third kappa shape index (κ3) is 5.85. The van der Waals surface area contributed by atoms with Crippen LogP contribution in [0.5, 0.6) is 0 Å². The van der Waals surface area contributed by atoms with Crippen LogP contribution in [0.1, 0.15) is 47.0 Å². The zero-order chi connectivity index (χ0) is 22.1. The Kier molecular flexibility index (Phi) is 7.69. The molecule has 0 amide bonds. The molecule has 0 heterocycles. The minimum atomic E-state index is -7.01. The molecule has 0 aromatic heterocycles. The molecule has 27 heavy (non-hydrogen) atoms. The maximum absolute atomic E-state index is 13.6. The van der Waals surface area contributed by atoms with Gasteiger partial charge in [0.15, 0.2) is 0 Å². The molecule has 0 fully saturated rings. The van der Waals surface area contributed by atoms with Crippen molar-refractivity contribution in [2.75, 3.05) is 6.61 Å². The Bertz CT molecular complexity index is 480. The van der Waals surface area contributed by atoms with Gasteiger partial charge in [-0.1, -0.05) is 0 Å². The summed E-state index contributed by atoms with van der Waals surface area (Å²) in [6.07, 6.45) is -4.08. The van der Waals surface area contributed by atoms with Crippen LogP contribution in [0.25, 0.3) is 0 Å². The summed E-state index contributed by atoms with van der Waals surface area (Å²) in [6, 6.07) is 0. The highest BCUT2D eigenvalue weighted by Gasteiger charge is 2.84. The van der Waals surface area contributed by atoms with E-state index in [0.29, 0.717) is 0 Å². The molecule has 0 aromatic rings. The van der Waals surface area contributed by atoms with E-state index in [1.54, 1.807) is 0 Å². The van der Waals surface area contributed by atoms with E-state index >= 15 is 0 Å². The van der Waals surface area contributed by atoms with Crippen LogP contribution in [0.15, 0.2) is 0 Å². The number of rotatable bonds is 11. The Hall–Kier alpha value is -0.780. The molecule has 0 radical (unpaired) electrons. The molecule has 1 unspecified atom stereocenters. The van der Waals surface area contributed by atoms with Crippen molar-refractivity contribution in [3.05, 3.63) is 0 Å². The second-order valence-electron chi connectivity index (χ2n) is 7.10. The first-order valence-corrected chi connectivity index (χ1v) is 7.83. The molecule has 0 aliphatic carbocycles. The van der Waals surface area contributed by atoms with Crippen LogP contribution in [-0.4, -0.2) is 53.0 Å². The fourth-order valence-corrected chi connectivity index (χ4v) is 1.84. The molecule has 164 valence electrons. The lowest BCUT2D eigenvalue weighted by atomic mass is 9.92. The molecule has 1 atom stereocenters. The molecule has 0 bridgehead atoms. The number of alkyl halides is 10. The topological polar surface area (TPSA) is 29.5 Å². The maximum Gasteiger partial charge on any atom is 0.384 e. The lowest BCUT2D eigenvalue weighted by molar-refractivity contribution is -0.399. The van der Waals surface area contributed by atoms with Gasteiger partial charge in [0.25, 0.3) is 0 Å². The highest BCUT2D eigenvalue weighted by Crippen LogP contribution is 2.57. The predicted octanol–water partition coefficient (Wildman–Crippen LogP) is 5.53. The van der Waals surface area contributed by atoms with Crippen LogP contribution < -0.4 is 0 Å². The van der Waals surface area contributed by atoms with Crippen molar-refractivity contribution in [3.8, 4) is 0 Å². The lowest BCUT2D eigenvalue weighted by Crippen LogP contribution is -2.66. The average molecular weight is 424 g/mol. The summed E-state index contributed by atoms with van der Waals surface area (Å²) in [4.78, 5) is 0. The first kappa shape index (κ1) is 26.2. The third-order valence-electron chi connectivity index (χ3n) is 3.78. The molecule has 0 aliphatic rings. The number of ether oxygens (including phenoxy) is 1. The van der Waals surface area contributed by atoms with E-state index in [1.165, 1.54) is 13.8 Å². The normalized spacial score (nSPS) is 16.6. The predicted molar refractivity (Wildman–Crippen MR) is 76.0 cm³/mol. The Morgan fingerprint density at radius 1 is 0.741 bits per heavy atom.